The summed E-state index contributed by atoms with van der Waals surface area (Å²) in [6.07, 6.45) is 2.03. The average molecular weight is 256 g/mol. The first kappa shape index (κ1) is 12.4. The summed E-state index contributed by atoms with van der Waals surface area (Å²) in [4.78, 5) is 4.81. The Labute approximate surface area is 114 Å². The van der Waals surface area contributed by atoms with E-state index < -0.39 is 0 Å². The van der Waals surface area contributed by atoms with Crippen molar-refractivity contribution >= 4 is 16.6 Å². The predicted octanol–water partition coefficient (Wildman–Crippen LogP) is 3.44. The zero-order valence-electron chi connectivity index (χ0n) is 11.6. The molecule has 0 unspecified atom stereocenters. The van der Waals surface area contributed by atoms with Crippen LogP contribution in [-0.4, -0.2) is 18.1 Å². The molecule has 2 aromatic rings. The fourth-order valence-corrected chi connectivity index (χ4v) is 2.62. The molecular weight excluding hydrogens is 236 g/mol. The fraction of sp³-hybridized carbons (Fsp3) is 0.438. The number of anilines is 1. The van der Waals surface area contributed by atoms with Crippen LogP contribution in [0.2, 0.25) is 0 Å². The number of nitrogens with one attached hydrogen (secondary N) is 1. The van der Waals surface area contributed by atoms with E-state index in [1.54, 1.807) is 0 Å². The van der Waals surface area contributed by atoms with Crippen molar-refractivity contribution in [3.8, 4) is 0 Å². The third-order valence-corrected chi connectivity index (χ3v) is 3.61. The zero-order valence-corrected chi connectivity index (χ0v) is 11.6. The van der Waals surface area contributed by atoms with Crippen molar-refractivity contribution in [1.29, 1.82) is 0 Å². The van der Waals surface area contributed by atoms with Gasteiger partial charge in [-0.15, -0.1) is 0 Å². The molecule has 0 saturated heterocycles. The topological polar surface area (TPSA) is 34.2 Å². The minimum atomic E-state index is 0.679. The van der Waals surface area contributed by atoms with E-state index in [9.17, 15) is 0 Å². The first-order valence-electron chi connectivity index (χ1n) is 7.03. The summed E-state index contributed by atoms with van der Waals surface area (Å²) in [6.45, 7) is 6.76. The lowest BCUT2D eigenvalue weighted by atomic mass is 10.0. The van der Waals surface area contributed by atoms with Gasteiger partial charge >= 0.3 is 0 Å². The summed E-state index contributed by atoms with van der Waals surface area (Å²) >= 11 is 0. The minimum absolute atomic E-state index is 0.679. The number of hydrogen-bond donors (Lipinski definition) is 1. The summed E-state index contributed by atoms with van der Waals surface area (Å²) in [6, 6.07) is 6.47. The van der Waals surface area contributed by atoms with Crippen molar-refractivity contribution in [2.45, 2.75) is 33.3 Å². The second kappa shape index (κ2) is 5.17. The number of aromatic nitrogens is 1. The van der Waals surface area contributed by atoms with Crippen molar-refractivity contribution in [3.63, 3.8) is 0 Å². The summed E-state index contributed by atoms with van der Waals surface area (Å²) in [5.74, 6) is 0. The molecule has 1 aliphatic rings. The summed E-state index contributed by atoms with van der Waals surface area (Å²) in [5, 5.41) is 4.79. The van der Waals surface area contributed by atoms with Gasteiger partial charge in [0.15, 0.2) is 0 Å². The van der Waals surface area contributed by atoms with Gasteiger partial charge in [0.25, 0.3) is 0 Å². The Morgan fingerprint density at radius 3 is 3.11 bits per heavy atom. The van der Waals surface area contributed by atoms with Gasteiger partial charge in [-0.25, -0.2) is 0 Å². The maximum atomic E-state index is 5.62. The lowest BCUT2D eigenvalue weighted by Crippen LogP contribution is -2.15. The molecular formula is C16H20N2O. The minimum Gasteiger partial charge on any atom is -0.384 e. The third-order valence-electron chi connectivity index (χ3n) is 3.61. The smallest absolute Gasteiger partial charge is 0.0755 e. The van der Waals surface area contributed by atoms with Gasteiger partial charge in [0.1, 0.15) is 0 Å². The van der Waals surface area contributed by atoms with Gasteiger partial charge in [-0.2, -0.15) is 0 Å². The normalized spacial score (nSPS) is 14.4. The lowest BCUT2D eigenvalue weighted by Gasteiger charge is -2.22. The number of pyridine rings is 1. The Morgan fingerprint density at radius 2 is 2.26 bits per heavy atom. The van der Waals surface area contributed by atoms with Gasteiger partial charge in [-0.1, -0.05) is 18.6 Å². The van der Waals surface area contributed by atoms with E-state index in [-0.39, 0.29) is 0 Å². The van der Waals surface area contributed by atoms with Crippen molar-refractivity contribution < 1.29 is 4.74 Å². The molecule has 19 heavy (non-hydrogen) atoms. The predicted molar refractivity (Wildman–Crippen MR) is 78.6 cm³/mol. The molecule has 3 rings (SSSR count). The molecule has 0 aliphatic carbocycles. The number of fused-ring (bicyclic) bond motifs is 2. The Morgan fingerprint density at radius 1 is 1.37 bits per heavy atom. The van der Waals surface area contributed by atoms with Crippen LogP contribution in [0.1, 0.15) is 30.2 Å². The molecule has 0 saturated carbocycles. The summed E-state index contributed by atoms with van der Waals surface area (Å²) < 4.78 is 5.62. The van der Waals surface area contributed by atoms with Gasteiger partial charge in [0, 0.05) is 23.9 Å². The van der Waals surface area contributed by atoms with Crippen LogP contribution in [0.4, 0.5) is 5.69 Å². The van der Waals surface area contributed by atoms with Crippen molar-refractivity contribution in [1.82, 2.24) is 4.98 Å². The third kappa shape index (κ3) is 2.30. The number of benzene rings is 1. The quantitative estimate of drug-likeness (QED) is 0.913. The van der Waals surface area contributed by atoms with E-state index in [1.165, 1.54) is 27.9 Å². The molecule has 0 radical (unpaired) electrons. The van der Waals surface area contributed by atoms with Gasteiger partial charge in [0.2, 0.25) is 0 Å². The molecule has 0 bridgehead atoms. The maximum Gasteiger partial charge on any atom is 0.0755 e. The van der Waals surface area contributed by atoms with Crippen LogP contribution in [-0.2, 0) is 17.8 Å². The average Bonchev–Trinajstić information content (AvgIpc) is 2.44. The molecule has 1 aliphatic heterocycles. The number of nitrogens with zero attached hydrogens (tertiary/aromatic N) is 1. The highest BCUT2D eigenvalue weighted by Crippen LogP contribution is 2.32. The number of ether oxygens (including phenoxy) is 1. The first-order valence-corrected chi connectivity index (χ1v) is 7.03. The molecule has 3 heteroatoms. The van der Waals surface area contributed by atoms with Crippen LogP contribution in [0.25, 0.3) is 10.9 Å². The molecule has 1 N–H and O–H groups in total. The number of rotatable bonds is 3. The second-order valence-corrected chi connectivity index (χ2v) is 5.16. The monoisotopic (exact) mass is 256 g/mol. The summed E-state index contributed by atoms with van der Waals surface area (Å²) in [7, 11) is 0. The van der Waals surface area contributed by atoms with E-state index in [2.05, 4.69) is 37.4 Å². The van der Waals surface area contributed by atoms with Crippen LogP contribution >= 0.6 is 0 Å². The van der Waals surface area contributed by atoms with E-state index in [0.29, 0.717) is 6.61 Å². The molecule has 0 amide bonds. The lowest BCUT2D eigenvalue weighted by molar-refractivity contribution is 0.110. The van der Waals surface area contributed by atoms with Crippen LogP contribution in [0.15, 0.2) is 18.2 Å². The molecule has 0 fully saturated rings. The van der Waals surface area contributed by atoms with Crippen LogP contribution in [0, 0.1) is 6.92 Å². The Bertz CT molecular complexity index is 607. The van der Waals surface area contributed by atoms with E-state index in [4.69, 9.17) is 9.72 Å². The number of hydrogen-bond acceptors (Lipinski definition) is 3. The molecule has 3 nitrogen and oxygen atoms in total. The zero-order chi connectivity index (χ0) is 13.2. The van der Waals surface area contributed by atoms with Gasteiger partial charge in [-0.05, 0) is 25.5 Å². The highest BCUT2D eigenvalue weighted by atomic mass is 16.5. The van der Waals surface area contributed by atoms with Crippen LogP contribution in [0.3, 0.4) is 0 Å². The number of aryl methyl sites for hydroxylation is 1. The summed E-state index contributed by atoms with van der Waals surface area (Å²) in [5.41, 5.74) is 6.03. The Balaban J connectivity index is 2.21. The molecule has 100 valence electrons. The van der Waals surface area contributed by atoms with Gasteiger partial charge in [0.05, 0.1) is 30.1 Å². The molecule has 0 spiro atoms. The van der Waals surface area contributed by atoms with E-state index >= 15 is 0 Å². The van der Waals surface area contributed by atoms with Crippen LogP contribution < -0.4 is 5.32 Å². The Kier molecular flexibility index (Phi) is 3.38. The van der Waals surface area contributed by atoms with Crippen LogP contribution in [0.5, 0.6) is 0 Å². The Hall–Kier alpha value is -1.61. The molecule has 0 atom stereocenters. The van der Waals surface area contributed by atoms with Gasteiger partial charge < -0.3 is 10.1 Å². The highest BCUT2D eigenvalue weighted by Gasteiger charge is 2.18. The van der Waals surface area contributed by atoms with E-state index in [1.807, 2.05) is 0 Å². The van der Waals surface area contributed by atoms with Crippen molar-refractivity contribution in [3.05, 3.63) is 35.0 Å². The van der Waals surface area contributed by atoms with Crippen molar-refractivity contribution in [2.75, 3.05) is 18.5 Å². The van der Waals surface area contributed by atoms with E-state index in [0.717, 1.165) is 31.5 Å². The molecule has 1 aromatic carbocycles. The highest BCUT2D eigenvalue weighted by molar-refractivity contribution is 5.94. The van der Waals surface area contributed by atoms with Gasteiger partial charge in [-0.3, -0.25) is 4.98 Å². The molecule has 1 aromatic heterocycles. The standard InChI is InChI=1S/C16H20N2O/c1-3-7-17-16-12-9-11(2)4-5-14(12)18-15-6-8-19-10-13(15)16/h4-5,9H,3,6-8,10H2,1-2H3,(H,17,18). The maximum absolute atomic E-state index is 5.62. The second-order valence-electron chi connectivity index (χ2n) is 5.16. The van der Waals surface area contributed by atoms with Crippen molar-refractivity contribution in [2.24, 2.45) is 0 Å². The SMILES string of the molecule is CCCNc1c2c(nc3ccc(C)cc13)CCOC2. The molecule has 2 heterocycles. The first-order chi connectivity index (χ1) is 9.29. The largest absolute Gasteiger partial charge is 0.384 e. The fourth-order valence-electron chi connectivity index (χ4n) is 2.62.